The number of carboxylic acids is 1. The van der Waals surface area contributed by atoms with Crippen LogP contribution in [0.3, 0.4) is 0 Å². The molecule has 0 saturated heterocycles. The molecule has 44 heavy (non-hydrogen) atoms. The second-order valence-corrected chi connectivity index (χ2v) is 11.7. The molecule has 6 nitrogen and oxygen atoms in total. The maximum atomic E-state index is 11.5. The molecule has 0 heterocycles. The second-order valence-electron chi connectivity index (χ2n) is 9.86. The van der Waals surface area contributed by atoms with Gasteiger partial charge in [0.15, 0.2) is 0 Å². The van der Waals surface area contributed by atoms with E-state index in [0.717, 1.165) is 31.2 Å². The molecule has 0 aliphatic heterocycles. The number of ether oxygens (including phenoxy) is 2. The van der Waals surface area contributed by atoms with Crippen molar-refractivity contribution in [1.82, 2.24) is 4.90 Å². The average Bonchev–Trinajstić information content (AvgIpc) is 3.03. The summed E-state index contributed by atoms with van der Waals surface area (Å²) in [6.45, 7) is 1.86. The summed E-state index contributed by atoms with van der Waals surface area (Å²) in [6.07, 6.45) is 0.278. The predicted molar refractivity (Wildman–Crippen MR) is 180 cm³/mol. The summed E-state index contributed by atoms with van der Waals surface area (Å²) in [4.78, 5) is 13.6. The average molecular weight is 716 g/mol. The van der Waals surface area contributed by atoms with E-state index in [-0.39, 0.29) is 19.6 Å². The molecule has 4 rings (SSSR count). The highest BCUT2D eigenvalue weighted by Crippen LogP contribution is 2.29. The Kier molecular flexibility index (Phi) is 12.9. The SMILES string of the molecule is N[C@@H](CCN(Cc1ccc(Br)cc1OCC#Cc1ccccc1)Cc1ccc(Br)cc1OCC#Cc1ccccc1)C(=O)O. The Labute approximate surface area is 275 Å². The maximum Gasteiger partial charge on any atom is 0.320 e. The highest BCUT2D eigenvalue weighted by molar-refractivity contribution is 9.10. The largest absolute Gasteiger partial charge is 0.481 e. The Hall–Kier alpha value is -4.05. The van der Waals surface area contributed by atoms with E-state index in [1.165, 1.54) is 0 Å². The van der Waals surface area contributed by atoms with Crippen LogP contribution in [0.4, 0.5) is 0 Å². The standard InChI is InChI=1S/C36H32Br2N2O4/c37-31-17-15-29(34(23-31)43-21-7-13-27-9-3-1-4-10-27)25-40(20-19-33(39)36(41)42)26-30-16-18-32(38)24-35(30)44-22-8-14-28-11-5-2-6-12-28/h1-6,9-12,15-18,23-24,33H,19-22,25-26,39H2,(H,41,42)/t33-/m0/s1. The lowest BCUT2D eigenvalue weighted by Crippen LogP contribution is -2.35. The number of aliphatic carboxylic acids is 1. The fourth-order valence-electron chi connectivity index (χ4n) is 4.27. The molecule has 1 atom stereocenters. The summed E-state index contributed by atoms with van der Waals surface area (Å²) in [5.41, 5.74) is 9.61. The van der Waals surface area contributed by atoms with Crippen molar-refractivity contribution < 1.29 is 19.4 Å². The number of hydrogen-bond acceptors (Lipinski definition) is 5. The Morgan fingerprint density at radius 1 is 0.750 bits per heavy atom. The predicted octanol–water partition coefficient (Wildman–Crippen LogP) is 6.88. The quantitative estimate of drug-likeness (QED) is 0.156. The van der Waals surface area contributed by atoms with Gasteiger partial charge in [-0.05, 0) is 55.0 Å². The first-order valence-electron chi connectivity index (χ1n) is 14.0. The zero-order valence-electron chi connectivity index (χ0n) is 24.0. The fraction of sp³-hybridized carbons (Fsp3) is 0.194. The van der Waals surface area contributed by atoms with Crippen LogP contribution in [0, 0.1) is 23.7 Å². The molecule has 0 aliphatic rings. The number of halogens is 2. The lowest BCUT2D eigenvalue weighted by molar-refractivity contribution is -0.138. The summed E-state index contributed by atoms with van der Waals surface area (Å²) in [6, 6.07) is 30.3. The molecule has 8 heteroatoms. The van der Waals surface area contributed by atoms with E-state index >= 15 is 0 Å². The first-order valence-corrected chi connectivity index (χ1v) is 15.6. The van der Waals surface area contributed by atoms with Crippen molar-refractivity contribution in [2.24, 2.45) is 5.73 Å². The van der Waals surface area contributed by atoms with Crippen LogP contribution >= 0.6 is 31.9 Å². The molecule has 0 aromatic heterocycles. The van der Waals surface area contributed by atoms with Gasteiger partial charge in [-0.3, -0.25) is 9.69 Å². The van der Waals surface area contributed by atoms with Crippen LogP contribution in [0.25, 0.3) is 0 Å². The van der Waals surface area contributed by atoms with Gasteiger partial charge < -0.3 is 20.3 Å². The molecular formula is C36H32Br2N2O4. The maximum absolute atomic E-state index is 11.5. The summed E-state index contributed by atoms with van der Waals surface area (Å²) in [7, 11) is 0. The van der Waals surface area contributed by atoms with Crippen LogP contribution in [0.15, 0.2) is 106 Å². The molecule has 0 unspecified atom stereocenters. The van der Waals surface area contributed by atoms with Gasteiger partial charge in [0.05, 0.1) is 0 Å². The van der Waals surface area contributed by atoms with Crippen molar-refractivity contribution >= 4 is 37.8 Å². The number of benzene rings is 4. The monoisotopic (exact) mass is 714 g/mol. The van der Waals surface area contributed by atoms with E-state index in [2.05, 4.69) is 60.4 Å². The van der Waals surface area contributed by atoms with Crippen LogP contribution in [0.1, 0.15) is 28.7 Å². The van der Waals surface area contributed by atoms with Gasteiger partial charge in [-0.2, -0.15) is 0 Å². The lowest BCUT2D eigenvalue weighted by atomic mass is 10.1. The summed E-state index contributed by atoms with van der Waals surface area (Å²) < 4.78 is 14.0. The topological polar surface area (TPSA) is 85.0 Å². The van der Waals surface area contributed by atoms with Crippen molar-refractivity contribution in [3.63, 3.8) is 0 Å². The highest BCUT2D eigenvalue weighted by atomic mass is 79.9. The molecule has 0 bridgehead atoms. The summed E-state index contributed by atoms with van der Waals surface area (Å²) in [5, 5.41) is 9.41. The summed E-state index contributed by atoms with van der Waals surface area (Å²) in [5.74, 6) is 12.7. The number of carboxylic acid groups (broad SMARTS) is 1. The van der Waals surface area contributed by atoms with Gasteiger partial charge in [0, 0.05) is 50.8 Å². The van der Waals surface area contributed by atoms with Crippen molar-refractivity contribution in [3.8, 4) is 35.2 Å². The molecule has 0 saturated carbocycles. The number of carbonyl (C=O) groups is 1. The van der Waals surface area contributed by atoms with Crippen LogP contribution < -0.4 is 15.2 Å². The molecule has 4 aromatic rings. The van der Waals surface area contributed by atoms with Crippen LogP contribution in [-0.4, -0.2) is 41.8 Å². The van der Waals surface area contributed by atoms with Gasteiger partial charge in [-0.15, -0.1) is 0 Å². The smallest absolute Gasteiger partial charge is 0.320 e. The minimum Gasteiger partial charge on any atom is -0.481 e. The fourth-order valence-corrected chi connectivity index (χ4v) is 4.95. The summed E-state index contributed by atoms with van der Waals surface area (Å²) >= 11 is 7.09. The van der Waals surface area contributed by atoms with Gasteiger partial charge in [-0.1, -0.05) is 104 Å². The third kappa shape index (κ3) is 10.9. The van der Waals surface area contributed by atoms with Crippen molar-refractivity contribution in [1.29, 1.82) is 0 Å². The Morgan fingerprint density at radius 3 is 1.64 bits per heavy atom. The zero-order chi connectivity index (χ0) is 31.1. The molecule has 4 aromatic carbocycles. The minimum absolute atomic E-state index is 0.219. The van der Waals surface area contributed by atoms with Gasteiger partial charge in [0.25, 0.3) is 0 Å². The normalized spacial score (nSPS) is 11.1. The number of nitrogens with zero attached hydrogens (tertiary/aromatic N) is 1. The van der Waals surface area contributed by atoms with E-state index in [1.54, 1.807) is 0 Å². The van der Waals surface area contributed by atoms with Crippen LogP contribution in [0.2, 0.25) is 0 Å². The zero-order valence-corrected chi connectivity index (χ0v) is 27.2. The molecule has 0 fully saturated rings. The molecular weight excluding hydrogens is 684 g/mol. The van der Waals surface area contributed by atoms with E-state index in [1.807, 2.05) is 97.1 Å². The van der Waals surface area contributed by atoms with E-state index < -0.39 is 12.0 Å². The second kappa shape index (κ2) is 17.3. The minimum atomic E-state index is -1.03. The molecule has 3 N–H and O–H groups in total. The van der Waals surface area contributed by atoms with Gasteiger partial charge >= 0.3 is 5.97 Å². The lowest BCUT2D eigenvalue weighted by Gasteiger charge is -2.25. The van der Waals surface area contributed by atoms with Gasteiger partial charge in [-0.25, -0.2) is 0 Å². The van der Waals surface area contributed by atoms with Crippen molar-refractivity contribution in [2.75, 3.05) is 19.8 Å². The number of nitrogens with two attached hydrogens (primary N) is 1. The highest BCUT2D eigenvalue weighted by Gasteiger charge is 2.18. The van der Waals surface area contributed by atoms with Gasteiger partial charge in [0.2, 0.25) is 0 Å². The first kappa shape index (κ1) is 32.9. The third-order valence-electron chi connectivity index (χ3n) is 6.53. The molecule has 0 amide bonds. The van der Waals surface area contributed by atoms with Crippen LogP contribution in [-0.2, 0) is 17.9 Å². The van der Waals surface area contributed by atoms with Crippen molar-refractivity contribution in [3.05, 3.63) is 128 Å². The molecule has 224 valence electrons. The Bertz CT molecular complexity index is 1550. The van der Waals surface area contributed by atoms with Gasteiger partial charge in [0.1, 0.15) is 30.8 Å². The Balaban J connectivity index is 1.51. The van der Waals surface area contributed by atoms with E-state index in [4.69, 9.17) is 15.2 Å². The molecule has 0 aliphatic carbocycles. The molecule has 0 spiro atoms. The van der Waals surface area contributed by atoms with E-state index in [0.29, 0.717) is 31.1 Å². The van der Waals surface area contributed by atoms with Crippen LogP contribution in [0.5, 0.6) is 11.5 Å². The third-order valence-corrected chi connectivity index (χ3v) is 7.52. The first-order chi connectivity index (χ1) is 21.4. The Morgan fingerprint density at radius 2 is 1.20 bits per heavy atom. The number of hydrogen-bond donors (Lipinski definition) is 2. The van der Waals surface area contributed by atoms with E-state index in [9.17, 15) is 9.90 Å². The molecule has 0 radical (unpaired) electrons. The van der Waals surface area contributed by atoms with Crippen molar-refractivity contribution in [2.45, 2.75) is 25.6 Å². The number of rotatable bonds is 12.